The van der Waals surface area contributed by atoms with Crippen molar-refractivity contribution in [3.63, 3.8) is 0 Å². The Balaban J connectivity index is 0.000000193. The molecule has 0 radical (unpaired) electrons. The number of carboxylic acids is 1. The zero-order chi connectivity index (χ0) is 57.1. The third kappa shape index (κ3) is 14.1. The third-order valence-corrected chi connectivity index (χ3v) is 15.1. The highest BCUT2D eigenvalue weighted by atomic mass is 35.5. The number of fused-ring (bicyclic) bond motifs is 2. The van der Waals surface area contributed by atoms with Gasteiger partial charge in [-0.3, -0.25) is 28.6 Å². The van der Waals surface area contributed by atoms with Gasteiger partial charge in [-0.15, -0.1) is 0 Å². The van der Waals surface area contributed by atoms with Crippen molar-refractivity contribution < 1.29 is 51.0 Å². The summed E-state index contributed by atoms with van der Waals surface area (Å²) in [7, 11) is -7.19. The highest BCUT2D eigenvalue weighted by Crippen LogP contribution is 2.37. The minimum absolute atomic E-state index is 0.147. The first-order valence-corrected chi connectivity index (χ1v) is 29.8. The van der Waals surface area contributed by atoms with Crippen molar-refractivity contribution in [2.75, 3.05) is 84.1 Å². The average molecular weight is 1170 g/mol. The fraction of sp³-hybridized carbons (Fsp3) is 0.440. The minimum atomic E-state index is -3.61. The zero-order valence-electron chi connectivity index (χ0n) is 43.8. The molecular weight excluding hydrogens is 1110 g/mol. The van der Waals surface area contributed by atoms with Crippen molar-refractivity contribution in [2.45, 2.75) is 76.7 Å². The summed E-state index contributed by atoms with van der Waals surface area (Å²) in [4.78, 5) is 65.2. The lowest BCUT2D eigenvalue weighted by atomic mass is 9.98. The second-order valence-corrected chi connectivity index (χ2v) is 24.1. The first-order chi connectivity index (χ1) is 37.4. The lowest BCUT2D eigenvalue weighted by molar-refractivity contribution is -0.148. The normalized spacial score (nSPS) is 17.9. The van der Waals surface area contributed by atoms with Crippen LogP contribution >= 0.6 is 23.2 Å². The summed E-state index contributed by atoms with van der Waals surface area (Å²) in [5.41, 5.74) is 15.2. The molecule has 4 aliphatic rings. The number of ether oxygens (including phenoxy) is 1. The SMILES string of the molecule is Cc1cn2nc([C@@H]3CCCCN3C(=O)c3cc(Cl)ccc3NS(C)(=O)=O)cc2nc1N1CC(O)C1.Cc1cn2nc([C@@H]3CCCCN3C(=O)c3cc(Cl)ccc3NS(C)(=O)=O)cc2nc1N1CC(OC(=O)CN)C1.NCC(=O)O. The molecule has 79 heavy (non-hydrogen) atoms. The Morgan fingerprint density at radius 3 is 1.47 bits per heavy atom. The number of hydrogen-bond donors (Lipinski definition) is 6. The maximum Gasteiger partial charge on any atom is 0.320 e. The number of likely N-dealkylation sites (tertiary alicyclic amines) is 2. The number of sulfonamides is 2. The van der Waals surface area contributed by atoms with E-state index in [1.807, 2.05) is 48.2 Å². The average Bonchev–Trinajstić information content (AvgIpc) is 4.01. The highest BCUT2D eigenvalue weighted by molar-refractivity contribution is 7.92. The van der Waals surface area contributed by atoms with E-state index in [4.69, 9.17) is 58.9 Å². The van der Waals surface area contributed by atoms with E-state index in [1.54, 1.807) is 24.9 Å². The van der Waals surface area contributed by atoms with Crippen LogP contribution in [-0.4, -0.2) is 167 Å². The number of β-amino-alcohol motifs (C(OH)–C–C–N with tert-alkyl or cyclic N) is 1. The summed E-state index contributed by atoms with van der Waals surface area (Å²) < 4.78 is 61.1. The van der Waals surface area contributed by atoms with Crippen LogP contribution in [0.4, 0.5) is 23.0 Å². The van der Waals surface area contributed by atoms with Gasteiger partial charge in [0.1, 0.15) is 17.7 Å². The van der Waals surface area contributed by atoms with Gasteiger partial charge in [0, 0.05) is 71.9 Å². The maximum absolute atomic E-state index is 13.8. The summed E-state index contributed by atoms with van der Waals surface area (Å²) >= 11 is 12.4. The van der Waals surface area contributed by atoms with Crippen molar-refractivity contribution in [1.82, 2.24) is 39.0 Å². The number of aryl methyl sites for hydroxylation is 2. The number of nitrogens with one attached hydrogen (secondary N) is 2. The first kappa shape index (κ1) is 58.3. The number of halogens is 2. The molecule has 4 fully saturated rings. The Morgan fingerprint density at radius 1 is 0.671 bits per heavy atom. The standard InChI is InChI=1S/C25H30ClN7O5S.C23H27ClN6O4S.C2H5NO2/c1-15-12-33-22(28-24(15)31-13-17(14-31)38-23(34)11-27)10-20(29-33)21-5-3-4-8-32(21)25(35)18-9-16(26)6-7-19(18)30-39(2,36)37;1-14-11-30-21(25-22(14)28-12-16(31)13-28)10-19(26-30)20-5-3-4-8-29(20)23(32)17-9-15(24)6-7-18(17)27-35(2,33)34;3-1-2(4)5/h6-7,9-10,12,17,21,30H,3-5,8,11,13-14,27H2,1-2H3;6-7,9-11,16,20,27,31H,3-5,8,12-13H2,1-2H3;1,3H2,(H,4,5)/t21-;20-;/m00./s1. The van der Waals surface area contributed by atoms with Crippen LogP contribution in [0.3, 0.4) is 0 Å². The van der Waals surface area contributed by atoms with Crippen LogP contribution in [0.25, 0.3) is 11.3 Å². The molecule has 10 rings (SSSR count). The summed E-state index contributed by atoms with van der Waals surface area (Å²) in [6, 6.07) is 12.2. The number of hydrogen-bond acceptors (Lipinski definition) is 18. The van der Waals surface area contributed by atoms with Gasteiger partial charge in [0.05, 0.1) is 90.8 Å². The van der Waals surface area contributed by atoms with Crippen molar-refractivity contribution >= 4 is 101 Å². The number of benzene rings is 2. The number of aromatic nitrogens is 6. The molecule has 8 heterocycles. The van der Waals surface area contributed by atoms with Gasteiger partial charge in [-0.05, 0) is 88.8 Å². The maximum atomic E-state index is 13.8. The molecule has 4 saturated heterocycles. The van der Waals surface area contributed by atoms with Gasteiger partial charge in [-0.25, -0.2) is 35.8 Å². The van der Waals surface area contributed by atoms with Crippen molar-refractivity contribution in [1.29, 1.82) is 0 Å². The number of aliphatic hydroxyl groups excluding tert-OH is 1. The summed E-state index contributed by atoms with van der Waals surface area (Å²) in [6.07, 6.45) is 10.3. The van der Waals surface area contributed by atoms with Gasteiger partial charge in [-0.1, -0.05) is 23.2 Å². The molecule has 2 aromatic carbocycles. The Kier molecular flexibility index (Phi) is 17.9. The smallest absolute Gasteiger partial charge is 0.320 e. The van der Waals surface area contributed by atoms with Crippen molar-refractivity contribution in [3.8, 4) is 0 Å². The van der Waals surface area contributed by atoms with E-state index in [0.717, 1.165) is 73.1 Å². The molecule has 0 unspecified atom stereocenters. The quantitative estimate of drug-likeness (QED) is 0.0897. The molecule has 25 nitrogen and oxygen atoms in total. The second kappa shape index (κ2) is 24.2. The number of carbonyl (C=O) groups excluding carboxylic acids is 3. The molecule has 0 aliphatic carbocycles. The molecule has 2 atom stereocenters. The minimum Gasteiger partial charge on any atom is -0.480 e. The van der Waals surface area contributed by atoms with E-state index in [1.165, 1.54) is 30.3 Å². The largest absolute Gasteiger partial charge is 0.480 e. The number of anilines is 4. The fourth-order valence-electron chi connectivity index (χ4n) is 9.79. The van der Waals surface area contributed by atoms with Gasteiger partial charge >= 0.3 is 11.9 Å². The van der Waals surface area contributed by atoms with E-state index in [9.17, 15) is 41.1 Å². The molecule has 2 amide bonds. The van der Waals surface area contributed by atoms with Crippen LogP contribution in [0.2, 0.25) is 10.0 Å². The second-order valence-electron chi connectivity index (χ2n) is 19.8. The molecule has 0 spiro atoms. The Bertz CT molecular complexity index is 3520. The van der Waals surface area contributed by atoms with E-state index < -0.39 is 32.0 Å². The highest BCUT2D eigenvalue weighted by Gasteiger charge is 2.36. The molecule has 8 N–H and O–H groups in total. The van der Waals surface area contributed by atoms with Crippen molar-refractivity contribution in [2.24, 2.45) is 11.5 Å². The van der Waals surface area contributed by atoms with E-state index >= 15 is 0 Å². The molecular formula is C50H62Cl2N14O11S2. The number of esters is 1. The number of carboxylic acid groups (broad SMARTS) is 1. The number of aliphatic hydroxyl groups is 1. The predicted molar refractivity (Wildman–Crippen MR) is 297 cm³/mol. The molecule has 6 aromatic rings. The number of nitrogens with zero attached hydrogens (tertiary/aromatic N) is 10. The van der Waals surface area contributed by atoms with Crippen LogP contribution in [-0.2, 0) is 34.4 Å². The Morgan fingerprint density at radius 2 is 1.09 bits per heavy atom. The molecule has 29 heteroatoms. The number of nitrogens with two attached hydrogens (primary N) is 2. The summed E-state index contributed by atoms with van der Waals surface area (Å²) in [6.45, 7) is 6.66. The van der Waals surface area contributed by atoms with E-state index in [-0.39, 0.29) is 71.7 Å². The number of rotatable bonds is 13. The lowest BCUT2D eigenvalue weighted by Gasteiger charge is -2.39. The van der Waals surface area contributed by atoms with Crippen molar-refractivity contribution in [3.05, 3.63) is 105 Å². The van der Waals surface area contributed by atoms with Crippen LogP contribution < -0.4 is 30.7 Å². The van der Waals surface area contributed by atoms with E-state index in [0.29, 0.717) is 72.7 Å². The van der Waals surface area contributed by atoms with Gasteiger partial charge < -0.3 is 46.0 Å². The predicted octanol–water partition coefficient (Wildman–Crippen LogP) is 3.76. The topological polar surface area (TPSA) is 336 Å². The summed E-state index contributed by atoms with van der Waals surface area (Å²) in [5, 5.41) is 27.4. The van der Waals surface area contributed by atoms with Gasteiger partial charge in [-0.2, -0.15) is 10.2 Å². The lowest BCUT2D eigenvalue weighted by Crippen LogP contribution is -2.54. The summed E-state index contributed by atoms with van der Waals surface area (Å²) in [5.74, 6) is -0.426. The fourth-order valence-corrected chi connectivity index (χ4v) is 11.3. The number of carbonyl (C=O) groups is 4. The molecule has 4 aliphatic heterocycles. The monoisotopic (exact) mass is 1170 g/mol. The Hall–Kier alpha value is -6.88. The van der Waals surface area contributed by atoms with Crippen LogP contribution in [0.1, 0.15) is 93.8 Å². The number of aliphatic carboxylic acids is 1. The molecule has 0 bridgehead atoms. The molecule has 4 aromatic heterocycles. The van der Waals surface area contributed by atoms with Crippen LogP contribution in [0, 0.1) is 13.8 Å². The third-order valence-electron chi connectivity index (χ3n) is 13.4. The van der Waals surface area contributed by atoms with Gasteiger partial charge in [0.25, 0.3) is 11.8 Å². The van der Waals surface area contributed by atoms with E-state index in [2.05, 4.69) is 15.2 Å². The van der Waals surface area contributed by atoms with Gasteiger partial charge in [0.2, 0.25) is 20.0 Å². The number of amides is 2. The van der Waals surface area contributed by atoms with Crippen LogP contribution in [0.15, 0.2) is 60.9 Å². The van der Waals surface area contributed by atoms with Crippen LogP contribution in [0.5, 0.6) is 0 Å². The Labute approximate surface area is 465 Å². The molecule has 0 saturated carbocycles. The first-order valence-electron chi connectivity index (χ1n) is 25.3. The van der Waals surface area contributed by atoms with Gasteiger partial charge in [0.15, 0.2) is 11.3 Å². The number of piperidine rings is 2. The zero-order valence-corrected chi connectivity index (χ0v) is 46.9. The molecule has 424 valence electrons.